The summed E-state index contributed by atoms with van der Waals surface area (Å²) >= 11 is 0. The minimum Gasteiger partial charge on any atom is -0.479 e. The third-order valence-electron chi connectivity index (χ3n) is 8.03. The van der Waals surface area contributed by atoms with Crippen molar-refractivity contribution < 1.29 is 19.4 Å². The Morgan fingerprint density at radius 2 is 1.44 bits per heavy atom. The topological polar surface area (TPSA) is 66.8 Å². The molecule has 0 radical (unpaired) electrons. The van der Waals surface area contributed by atoms with Gasteiger partial charge in [0.05, 0.1) is 0 Å². The van der Waals surface area contributed by atoms with Gasteiger partial charge in [-0.25, -0.2) is 4.79 Å². The average molecular weight is 548 g/mol. The predicted molar refractivity (Wildman–Crippen MR) is 161 cm³/mol. The highest BCUT2D eigenvalue weighted by Crippen LogP contribution is 2.36. The van der Waals surface area contributed by atoms with Gasteiger partial charge >= 0.3 is 5.97 Å². The summed E-state index contributed by atoms with van der Waals surface area (Å²) in [6.45, 7) is 3.06. The maximum atomic E-state index is 13.9. The van der Waals surface area contributed by atoms with Crippen LogP contribution in [0.5, 0.6) is 5.75 Å². The maximum absolute atomic E-state index is 13.9. The van der Waals surface area contributed by atoms with Crippen LogP contribution in [-0.2, 0) is 17.6 Å². The first-order valence-electron chi connectivity index (χ1n) is 14.5. The molecule has 4 aromatic carbocycles. The zero-order chi connectivity index (χ0) is 28.6. The van der Waals surface area contributed by atoms with Gasteiger partial charge in [-0.1, -0.05) is 97.9 Å². The first-order chi connectivity index (χ1) is 20.0. The minimum absolute atomic E-state index is 0.0369. The fraction of sp³-hybridized carbons (Fsp3) is 0.278. The molecule has 0 spiro atoms. The van der Waals surface area contributed by atoms with Crippen molar-refractivity contribution in [1.29, 1.82) is 0 Å². The first-order valence-corrected chi connectivity index (χ1v) is 14.5. The fourth-order valence-electron chi connectivity index (χ4n) is 5.94. The average Bonchev–Trinajstić information content (AvgIpc) is 3.44. The van der Waals surface area contributed by atoms with E-state index in [9.17, 15) is 14.7 Å². The van der Waals surface area contributed by atoms with Gasteiger partial charge in [-0.3, -0.25) is 4.79 Å². The minimum atomic E-state index is -0.953. The van der Waals surface area contributed by atoms with Crippen LogP contribution < -0.4 is 4.74 Å². The van der Waals surface area contributed by atoms with Gasteiger partial charge in [-0.05, 0) is 72.1 Å². The smallest absolute Gasteiger partial charge is 0.344 e. The highest BCUT2D eigenvalue weighted by molar-refractivity contribution is 5.94. The summed E-state index contributed by atoms with van der Waals surface area (Å²) < 4.78 is 5.93. The van der Waals surface area contributed by atoms with E-state index in [0.717, 1.165) is 24.8 Å². The highest BCUT2D eigenvalue weighted by Gasteiger charge is 2.30. The second kappa shape index (κ2) is 13.3. The van der Waals surface area contributed by atoms with Crippen molar-refractivity contribution in [3.05, 3.63) is 137 Å². The molecule has 5 rings (SSSR count). The molecule has 0 fully saturated rings. The van der Waals surface area contributed by atoms with Gasteiger partial charge in [-0.2, -0.15) is 0 Å². The summed E-state index contributed by atoms with van der Waals surface area (Å²) in [6.07, 6.45) is 1.91. The summed E-state index contributed by atoms with van der Waals surface area (Å²) in [6, 6.07) is 36.4. The number of ether oxygens (including phenoxy) is 1. The number of fused-ring (bicyclic) bond motifs is 1. The molecule has 5 heteroatoms. The molecule has 41 heavy (non-hydrogen) atoms. The second-order valence-electron chi connectivity index (χ2n) is 10.8. The van der Waals surface area contributed by atoms with Gasteiger partial charge in [0.25, 0.3) is 5.91 Å². The number of benzene rings is 4. The molecule has 2 atom stereocenters. The Labute approximate surface area is 242 Å². The van der Waals surface area contributed by atoms with Gasteiger partial charge in [0.15, 0.2) is 6.10 Å². The quantitative estimate of drug-likeness (QED) is 0.207. The van der Waals surface area contributed by atoms with E-state index in [0.29, 0.717) is 30.8 Å². The van der Waals surface area contributed by atoms with Gasteiger partial charge in [0.1, 0.15) is 5.75 Å². The Morgan fingerprint density at radius 1 is 0.829 bits per heavy atom. The molecule has 0 heterocycles. The van der Waals surface area contributed by atoms with E-state index < -0.39 is 12.1 Å². The van der Waals surface area contributed by atoms with Crippen LogP contribution in [0.15, 0.2) is 109 Å². The Balaban J connectivity index is 1.37. The van der Waals surface area contributed by atoms with Crippen LogP contribution in [0.2, 0.25) is 0 Å². The molecule has 0 bridgehead atoms. The fourth-order valence-corrected chi connectivity index (χ4v) is 5.94. The molecule has 1 amide bonds. The molecule has 0 aliphatic heterocycles. The SMILES string of the molecule is CCC(Oc1cccc2c1CC(CN(CCC(c1ccccc1)c1ccccc1)C(=O)c1ccccc1)C2)C(=O)O. The van der Waals surface area contributed by atoms with E-state index >= 15 is 0 Å². The van der Waals surface area contributed by atoms with Crippen LogP contribution in [0.3, 0.4) is 0 Å². The zero-order valence-corrected chi connectivity index (χ0v) is 23.5. The number of carbonyl (C=O) groups excluding carboxylic acids is 1. The molecule has 2 unspecified atom stereocenters. The molecule has 1 N–H and O–H groups in total. The lowest BCUT2D eigenvalue weighted by molar-refractivity contribution is -0.145. The molecule has 1 aliphatic carbocycles. The third-order valence-corrected chi connectivity index (χ3v) is 8.03. The third kappa shape index (κ3) is 6.86. The van der Waals surface area contributed by atoms with Gasteiger partial charge < -0.3 is 14.7 Å². The van der Waals surface area contributed by atoms with E-state index in [4.69, 9.17) is 4.74 Å². The summed E-state index contributed by atoms with van der Waals surface area (Å²) in [5, 5.41) is 9.52. The van der Waals surface area contributed by atoms with Gasteiger partial charge in [0, 0.05) is 24.6 Å². The Kier molecular flexibility index (Phi) is 9.15. The summed E-state index contributed by atoms with van der Waals surface area (Å²) in [5.41, 5.74) is 5.41. The Morgan fingerprint density at radius 3 is 2.02 bits per heavy atom. The van der Waals surface area contributed by atoms with Crippen LogP contribution >= 0.6 is 0 Å². The standard InChI is InChI=1S/C36H37NO4/c1-2-33(36(39)40)41-34-20-12-19-30-23-26(24-32(30)34)25-37(35(38)29-17-10-5-11-18-29)22-21-31(27-13-6-3-7-14-27)28-15-8-4-9-16-28/h3-20,26,31,33H,2,21-25H2,1H3,(H,39,40). The number of rotatable bonds is 12. The normalized spacial score (nSPS) is 14.8. The molecular formula is C36H37NO4. The van der Waals surface area contributed by atoms with Crippen LogP contribution in [0.4, 0.5) is 0 Å². The molecular weight excluding hydrogens is 510 g/mol. The number of hydrogen-bond acceptors (Lipinski definition) is 3. The Hall–Kier alpha value is -4.38. The number of carboxylic acid groups (broad SMARTS) is 1. The molecule has 0 aromatic heterocycles. The van der Waals surface area contributed by atoms with Crippen LogP contribution in [0.25, 0.3) is 0 Å². The van der Waals surface area contributed by atoms with E-state index in [1.54, 1.807) is 0 Å². The predicted octanol–water partition coefficient (Wildman–Crippen LogP) is 7.01. The van der Waals surface area contributed by atoms with E-state index in [1.165, 1.54) is 16.7 Å². The van der Waals surface area contributed by atoms with Crippen molar-refractivity contribution in [1.82, 2.24) is 4.90 Å². The molecule has 210 valence electrons. The van der Waals surface area contributed by atoms with Crippen molar-refractivity contribution >= 4 is 11.9 Å². The molecule has 1 aliphatic rings. The highest BCUT2D eigenvalue weighted by atomic mass is 16.5. The van der Waals surface area contributed by atoms with E-state index in [2.05, 4.69) is 54.6 Å². The summed E-state index contributed by atoms with van der Waals surface area (Å²) in [7, 11) is 0. The Bertz CT molecular complexity index is 1400. The van der Waals surface area contributed by atoms with Gasteiger partial charge in [0.2, 0.25) is 0 Å². The van der Waals surface area contributed by atoms with Crippen LogP contribution in [-0.4, -0.2) is 41.1 Å². The van der Waals surface area contributed by atoms with Crippen molar-refractivity contribution in [3.63, 3.8) is 0 Å². The number of hydrogen-bond donors (Lipinski definition) is 1. The molecule has 5 nitrogen and oxygen atoms in total. The van der Waals surface area contributed by atoms with Gasteiger partial charge in [-0.15, -0.1) is 0 Å². The monoisotopic (exact) mass is 547 g/mol. The van der Waals surface area contributed by atoms with Crippen molar-refractivity contribution in [2.45, 2.75) is 44.6 Å². The number of amides is 1. The molecule has 0 saturated heterocycles. The maximum Gasteiger partial charge on any atom is 0.344 e. The first kappa shape index (κ1) is 28.2. The largest absolute Gasteiger partial charge is 0.479 e. The summed E-state index contributed by atoms with van der Waals surface area (Å²) in [4.78, 5) is 27.5. The lowest BCUT2D eigenvalue weighted by Crippen LogP contribution is -2.37. The van der Waals surface area contributed by atoms with Crippen molar-refractivity contribution in [2.24, 2.45) is 5.92 Å². The number of carbonyl (C=O) groups is 2. The lowest BCUT2D eigenvalue weighted by Gasteiger charge is -2.28. The van der Waals surface area contributed by atoms with E-state index in [1.807, 2.05) is 66.4 Å². The lowest BCUT2D eigenvalue weighted by atomic mass is 9.88. The van der Waals surface area contributed by atoms with E-state index in [-0.39, 0.29) is 17.7 Å². The van der Waals surface area contributed by atoms with Crippen LogP contribution in [0.1, 0.15) is 58.3 Å². The number of carboxylic acids is 1. The molecule has 4 aromatic rings. The zero-order valence-electron chi connectivity index (χ0n) is 23.5. The second-order valence-corrected chi connectivity index (χ2v) is 10.8. The summed E-state index contributed by atoms with van der Waals surface area (Å²) in [5.74, 6) is 0.124. The van der Waals surface area contributed by atoms with Crippen LogP contribution in [0, 0.1) is 5.92 Å². The molecule has 0 saturated carbocycles. The number of nitrogens with zero attached hydrogens (tertiary/aromatic N) is 1. The number of aliphatic carboxylic acids is 1. The van der Waals surface area contributed by atoms with Crippen molar-refractivity contribution in [2.75, 3.05) is 13.1 Å². The van der Waals surface area contributed by atoms with Crippen molar-refractivity contribution in [3.8, 4) is 5.75 Å².